The normalized spacial score (nSPS) is 10.2. The highest BCUT2D eigenvalue weighted by molar-refractivity contribution is 7.81. The van der Waals surface area contributed by atoms with E-state index in [0.29, 0.717) is 0 Å². The van der Waals surface area contributed by atoms with Crippen molar-refractivity contribution in [1.29, 1.82) is 0 Å². The third kappa shape index (κ3) is 3.79. The molecule has 0 unspecified atom stereocenters. The first-order valence-corrected chi connectivity index (χ1v) is 7.07. The highest BCUT2D eigenvalue weighted by atomic mass is 32.1. The maximum atomic E-state index is 5.16. The SMILES string of the molecule is CC(=S)c1ccc(Cc2ccc(C(C)=S)cc2)cc1. The molecule has 96 valence electrons. The molecular weight excluding hydrogens is 268 g/mol. The zero-order valence-corrected chi connectivity index (χ0v) is 12.8. The topological polar surface area (TPSA) is 0 Å². The first kappa shape index (κ1) is 14.0. The fourth-order valence-electron chi connectivity index (χ4n) is 1.95. The van der Waals surface area contributed by atoms with Crippen molar-refractivity contribution >= 4 is 34.2 Å². The fraction of sp³-hybridized carbons (Fsp3) is 0.176. The summed E-state index contributed by atoms with van der Waals surface area (Å²) in [7, 11) is 0. The average molecular weight is 284 g/mol. The van der Waals surface area contributed by atoms with Gasteiger partial charge in [-0.25, -0.2) is 0 Å². The van der Waals surface area contributed by atoms with Crippen LogP contribution >= 0.6 is 24.4 Å². The summed E-state index contributed by atoms with van der Waals surface area (Å²) in [4.78, 5) is 1.87. The van der Waals surface area contributed by atoms with Crippen LogP contribution in [0.2, 0.25) is 0 Å². The summed E-state index contributed by atoms with van der Waals surface area (Å²) in [5.74, 6) is 0. The highest BCUT2D eigenvalue weighted by Crippen LogP contribution is 2.13. The van der Waals surface area contributed by atoms with Gasteiger partial charge in [0, 0.05) is 9.73 Å². The van der Waals surface area contributed by atoms with E-state index in [2.05, 4.69) is 48.5 Å². The van der Waals surface area contributed by atoms with Crippen LogP contribution in [0.25, 0.3) is 0 Å². The van der Waals surface area contributed by atoms with E-state index in [9.17, 15) is 0 Å². The lowest BCUT2D eigenvalue weighted by Gasteiger charge is -2.05. The Bertz CT molecular complexity index is 537. The van der Waals surface area contributed by atoms with E-state index < -0.39 is 0 Å². The Balaban J connectivity index is 2.12. The predicted octanol–water partition coefficient (Wildman–Crippen LogP) is 4.75. The quantitative estimate of drug-likeness (QED) is 0.587. The summed E-state index contributed by atoms with van der Waals surface area (Å²) in [6, 6.07) is 16.9. The number of thiocarbonyl (C=S) groups is 2. The second-order valence-electron chi connectivity index (χ2n) is 4.68. The third-order valence-electron chi connectivity index (χ3n) is 3.13. The summed E-state index contributed by atoms with van der Waals surface area (Å²) in [6.45, 7) is 3.91. The van der Waals surface area contributed by atoms with Gasteiger partial charge in [-0.15, -0.1) is 0 Å². The van der Waals surface area contributed by atoms with Crippen LogP contribution in [-0.2, 0) is 6.42 Å². The van der Waals surface area contributed by atoms with Crippen LogP contribution in [0.15, 0.2) is 48.5 Å². The molecule has 0 radical (unpaired) electrons. The number of hydrogen-bond acceptors (Lipinski definition) is 2. The Morgan fingerprint density at radius 3 is 1.26 bits per heavy atom. The van der Waals surface area contributed by atoms with Crippen molar-refractivity contribution in [2.45, 2.75) is 20.3 Å². The van der Waals surface area contributed by atoms with Gasteiger partial charge in [0.05, 0.1) is 0 Å². The Hall–Kier alpha value is -1.38. The fourth-order valence-corrected chi connectivity index (χ4v) is 2.22. The molecule has 0 spiro atoms. The molecule has 0 bridgehead atoms. The standard InChI is InChI=1S/C17H16S2/c1-12(18)16-7-3-14(4-8-16)11-15-5-9-17(10-6-15)13(2)19/h3-10H,11H2,1-2H3. The van der Waals surface area contributed by atoms with Crippen molar-refractivity contribution in [3.05, 3.63) is 70.8 Å². The van der Waals surface area contributed by atoms with Crippen molar-refractivity contribution in [2.24, 2.45) is 0 Å². The van der Waals surface area contributed by atoms with Crippen LogP contribution in [-0.4, -0.2) is 9.73 Å². The zero-order chi connectivity index (χ0) is 13.8. The van der Waals surface area contributed by atoms with Gasteiger partial charge in [0.1, 0.15) is 0 Å². The Morgan fingerprint density at radius 1 is 0.684 bits per heavy atom. The molecule has 0 amide bonds. The van der Waals surface area contributed by atoms with Gasteiger partial charge in [0.25, 0.3) is 0 Å². The maximum absolute atomic E-state index is 5.16. The first-order valence-electron chi connectivity index (χ1n) is 6.26. The van der Waals surface area contributed by atoms with Crippen LogP contribution in [0.4, 0.5) is 0 Å². The van der Waals surface area contributed by atoms with Crippen molar-refractivity contribution in [1.82, 2.24) is 0 Å². The molecule has 0 atom stereocenters. The van der Waals surface area contributed by atoms with E-state index in [4.69, 9.17) is 24.4 Å². The van der Waals surface area contributed by atoms with Gasteiger partial charge >= 0.3 is 0 Å². The molecule has 0 aliphatic heterocycles. The summed E-state index contributed by atoms with van der Waals surface area (Å²) in [5, 5.41) is 0. The second-order valence-corrected chi connectivity index (χ2v) is 5.91. The van der Waals surface area contributed by atoms with E-state index in [-0.39, 0.29) is 0 Å². The monoisotopic (exact) mass is 284 g/mol. The van der Waals surface area contributed by atoms with Crippen molar-refractivity contribution in [3.8, 4) is 0 Å². The third-order valence-corrected chi connectivity index (χ3v) is 3.60. The Morgan fingerprint density at radius 2 is 1.00 bits per heavy atom. The molecule has 2 aromatic carbocycles. The van der Waals surface area contributed by atoms with E-state index in [1.807, 2.05) is 13.8 Å². The smallest absolute Gasteiger partial charge is 0.0193 e. The maximum Gasteiger partial charge on any atom is 0.0193 e. The van der Waals surface area contributed by atoms with Gasteiger partial charge in [-0.2, -0.15) is 0 Å². The van der Waals surface area contributed by atoms with Crippen molar-refractivity contribution < 1.29 is 0 Å². The summed E-state index contributed by atoms with van der Waals surface area (Å²) in [6.07, 6.45) is 0.938. The molecule has 0 aliphatic rings. The van der Waals surface area contributed by atoms with Crippen LogP contribution in [0, 0.1) is 0 Å². The van der Waals surface area contributed by atoms with Crippen LogP contribution in [0.5, 0.6) is 0 Å². The molecule has 2 aromatic rings. The number of rotatable bonds is 4. The lowest BCUT2D eigenvalue weighted by molar-refractivity contribution is 1.19. The average Bonchev–Trinajstić information content (AvgIpc) is 2.40. The minimum atomic E-state index is 0.937. The van der Waals surface area contributed by atoms with Crippen LogP contribution < -0.4 is 0 Å². The molecule has 0 aliphatic carbocycles. The molecule has 0 saturated carbocycles. The molecular formula is C17H16S2. The van der Waals surface area contributed by atoms with Gasteiger partial charge in [-0.1, -0.05) is 73.0 Å². The lowest BCUT2D eigenvalue weighted by Crippen LogP contribution is -1.94. The van der Waals surface area contributed by atoms with Crippen LogP contribution in [0.3, 0.4) is 0 Å². The van der Waals surface area contributed by atoms with Crippen molar-refractivity contribution in [2.75, 3.05) is 0 Å². The zero-order valence-electron chi connectivity index (χ0n) is 11.1. The van der Waals surface area contributed by atoms with Gasteiger partial charge in [-0.05, 0) is 42.5 Å². The van der Waals surface area contributed by atoms with Gasteiger partial charge in [0.15, 0.2) is 0 Å². The van der Waals surface area contributed by atoms with Gasteiger partial charge in [0.2, 0.25) is 0 Å². The van der Waals surface area contributed by atoms with E-state index >= 15 is 0 Å². The van der Waals surface area contributed by atoms with E-state index in [1.54, 1.807) is 0 Å². The lowest BCUT2D eigenvalue weighted by atomic mass is 10.0. The molecule has 0 nitrogen and oxygen atoms in total. The van der Waals surface area contributed by atoms with E-state index in [1.165, 1.54) is 11.1 Å². The Kier molecular flexibility index (Phi) is 4.56. The molecule has 0 saturated heterocycles. The molecule has 2 rings (SSSR count). The molecule has 0 aromatic heterocycles. The number of hydrogen-bond donors (Lipinski definition) is 0. The highest BCUT2D eigenvalue weighted by Gasteiger charge is 2.00. The Labute approximate surface area is 125 Å². The summed E-state index contributed by atoms with van der Waals surface area (Å²) >= 11 is 10.3. The van der Waals surface area contributed by atoms with Gasteiger partial charge in [-0.3, -0.25) is 0 Å². The molecule has 19 heavy (non-hydrogen) atoms. The van der Waals surface area contributed by atoms with Crippen molar-refractivity contribution in [3.63, 3.8) is 0 Å². The minimum Gasteiger partial charge on any atom is -0.0846 e. The van der Waals surface area contributed by atoms with Gasteiger partial charge < -0.3 is 0 Å². The minimum absolute atomic E-state index is 0.937. The van der Waals surface area contributed by atoms with E-state index in [0.717, 1.165) is 27.3 Å². The predicted molar refractivity (Wildman–Crippen MR) is 90.4 cm³/mol. The first-order chi connectivity index (χ1) is 9.06. The molecule has 0 heterocycles. The molecule has 0 fully saturated rings. The molecule has 0 N–H and O–H groups in total. The summed E-state index contributed by atoms with van der Waals surface area (Å²) in [5.41, 5.74) is 4.86. The number of benzene rings is 2. The summed E-state index contributed by atoms with van der Waals surface area (Å²) < 4.78 is 0. The molecule has 2 heteroatoms. The largest absolute Gasteiger partial charge is 0.0846 e. The second kappa shape index (κ2) is 6.18. The van der Waals surface area contributed by atoms with Crippen LogP contribution in [0.1, 0.15) is 36.1 Å².